The van der Waals surface area contributed by atoms with Crippen molar-refractivity contribution in [1.29, 1.82) is 0 Å². The third-order valence-electron chi connectivity index (χ3n) is 2.25. The second kappa shape index (κ2) is 7.30. The van der Waals surface area contributed by atoms with Crippen LogP contribution in [-0.4, -0.2) is 19.0 Å². The maximum absolute atomic E-state index is 5.68. The van der Waals surface area contributed by atoms with E-state index in [9.17, 15) is 0 Å². The quantitative estimate of drug-likeness (QED) is 0.391. The highest BCUT2D eigenvalue weighted by atomic mass is 35.5. The van der Waals surface area contributed by atoms with Crippen molar-refractivity contribution in [2.24, 2.45) is 5.41 Å². The zero-order valence-corrected chi connectivity index (χ0v) is 10.7. The highest BCUT2D eigenvalue weighted by Gasteiger charge is 2.15. The van der Waals surface area contributed by atoms with Crippen LogP contribution >= 0.6 is 11.6 Å². The largest absolute Gasteiger partial charge is 0.313 e. The minimum atomic E-state index is 0.365. The second-order valence-corrected chi connectivity index (χ2v) is 5.25. The van der Waals surface area contributed by atoms with Crippen LogP contribution in [0.5, 0.6) is 0 Å². The average molecular weight is 218 g/mol. The van der Waals surface area contributed by atoms with Crippen LogP contribution in [0.25, 0.3) is 0 Å². The fourth-order valence-electron chi connectivity index (χ4n) is 1.32. The van der Waals surface area contributed by atoms with Crippen molar-refractivity contribution in [1.82, 2.24) is 5.32 Å². The van der Waals surface area contributed by atoms with E-state index in [-0.39, 0.29) is 0 Å². The Labute approximate surface area is 93.9 Å². The first-order valence-electron chi connectivity index (χ1n) is 5.38. The number of alkyl halides is 1. The monoisotopic (exact) mass is 217 g/mol. The van der Waals surface area contributed by atoms with Crippen LogP contribution < -0.4 is 5.32 Å². The predicted octanol–water partition coefficient (Wildman–Crippen LogP) is 3.59. The number of hydrogen-bond donors (Lipinski definition) is 1. The Balaban J connectivity index is 3.59. The summed E-state index contributed by atoms with van der Waals surface area (Å²) in [6.07, 6.45) is 4.52. The van der Waals surface area contributed by atoms with Crippen molar-refractivity contribution >= 4 is 11.6 Å². The summed E-state index contributed by atoms with van der Waals surface area (Å²) < 4.78 is 0. The summed E-state index contributed by atoms with van der Waals surface area (Å²) in [7, 11) is 0. The molecular weight excluding hydrogens is 194 g/mol. The molecule has 0 fully saturated rings. The first-order valence-corrected chi connectivity index (χ1v) is 5.91. The molecular formula is C12H24ClN. The Morgan fingerprint density at radius 1 is 1.36 bits per heavy atom. The summed E-state index contributed by atoms with van der Waals surface area (Å²) in [5, 5.41) is 3.45. The number of rotatable bonds is 7. The van der Waals surface area contributed by atoms with Gasteiger partial charge in [-0.15, -0.1) is 11.6 Å². The maximum atomic E-state index is 5.68. The molecule has 0 aliphatic rings. The van der Waals surface area contributed by atoms with Gasteiger partial charge in [0.05, 0.1) is 0 Å². The normalized spacial score (nSPS) is 11.5. The highest BCUT2D eigenvalue weighted by molar-refractivity contribution is 6.17. The van der Waals surface area contributed by atoms with Crippen molar-refractivity contribution < 1.29 is 0 Å². The van der Waals surface area contributed by atoms with E-state index in [1.807, 2.05) is 0 Å². The second-order valence-electron chi connectivity index (χ2n) is 4.87. The van der Waals surface area contributed by atoms with Crippen molar-refractivity contribution in [3.63, 3.8) is 0 Å². The molecule has 84 valence electrons. The minimum Gasteiger partial charge on any atom is -0.313 e. The first-order chi connectivity index (χ1) is 6.48. The van der Waals surface area contributed by atoms with Gasteiger partial charge in [-0.1, -0.05) is 25.5 Å². The van der Waals surface area contributed by atoms with Gasteiger partial charge in [-0.2, -0.15) is 0 Å². The van der Waals surface area contributed by atoms with Gasteiger partial charge in [0.2, 0.25) is 0 Å². The van der Waals surface area contributed by atoms with Gasteiger partial charge in [0, 0.05) is 19.0 Å². The average Bonchev–Trinajstić information content (AvgIpc) is 2.09. The molecule has 0 aliphatic carbocycles. The molecule has 0 saturated carbocycles. The lowest BCUT2D eigenvalue weighted by Gasteiger charge is -2.24. The summed E-state index contributed by atoms with van der Waals surface area (Å²) in [5.41, 5.74) is 1.74. The van der Waals surface area contributed by atoms with Gasteiger partial charge < -0.3 is 5.32 Å². The lowest BCUT2D eigenvalue weighted by atomic mass is 9.88. The SMILES string of the molecule is CC(C)=CCNCC(C)(C)CCCCl. The highest BCUT2D eigenvalue weighted by Crippen LogP contribution is 2.21. The fraction of sp³-hybridized carbons (Fsp3) is 0.833. The molecule has 0 radical (unpaired) electrons. The molecule has 0 aromatic rings. The van der Waals surface area contributed by atoms with E-state index in [4.69, 9.17) is 11.6 Å². The molecule has 14 heavy (non-hydrogen) atoms. The summed E-state index contributed by atoms with van der Waals surface area (Å²) in [6.45, 7) is 10.9. The van der Waals surface area contributed by atoms with Gasteiger partial charge in [0.1, 0.15) is 0 Å². The van der Waals surface area contributed by atoms with E-state index in [2.05, 4.69) is 39.1 Å². The van der Waals surface area contributed by atoms with E-state index in [0.29, 0.717) is 5.41 Å². The van der Waals surface area contributed by atoms with Gasteiger partial charge in [-0.25, -0.2) is 0 Å². The fourth-order valence-corrected chi connectivity index (χ4v) is 1.45. The van der Waals surface area contributed by atoms with Crippen LogP contribution in [-0.2, 0) is 0 Å². The standard InChI is InChI=1S/C12H24ClN/c1-11(2)6-9-14-10-12(3,4)7-5-8-13/h6,14H,5,7-10H2,1-4H3. The van der Waals surface area contributed by atoms with Crippen LogP contribution in [0.4, 0.5) is 0 Å². The predicted molar refractivity (Wildman–Crippen MR) is 66.0 cm³/mol. The van der Waals surface area contributed by atoms with Crippen LogP contribution in [0.2, 0.25) is 0 Å². The molecule has 0 unspecified atom stereocenters. The van der Waals surface area contributed by atoms with E-state index < -0.39 is 0 Å². The number of allylic oxidation sites excluding steroid dienone is 1. The molecule has 0 amide bonds. The Bertz CT molecular complexity index is 169. The Morgan fingerprint density at radius 3 is 2.50 bits per heavy atom. The lowest BCUT2D eigenvalue weighted by molar-refractivity contribution is 0.317. The lowest BCUT2D eigenvalue weighted by Crippen LogP contribution is -2.29. The van der Waals surface area contributed by atoms with Crippen LogP contribution in [0.15, 0.2) is 11.6 Å². The van der Waals surface area contributed by atoms with E-state index in [0.717, 1.165) is 25.4 Å². The van der Waals surface area contributed by atoms with Gasteiger partial charge in [0.15, 0.2) is 0 Å². The molecule has 1 N–H and O–H groups in total. The van der Waals surface area contributed by atoms with Gasteiger partial charge in [0.25, 0.3) is 0 Å². The zero-order valence-electron chi connectivity index (χ0n) is 9.99. The van der Waals surface area contributed by atoms with Crippen molar-refractivity contribution in [2.45, 2.75) is 40.5 Å². The molecule has 0 heterocycles. The van der Waals surface area contributed by atoms with Crippen LogP contribution in [0.1, 0.15) is 40.5 Å². The zero-order chi connectivity index (χ0) is 11.0. The number of halogens is 1. The topological polar surface area (TPSA) is 12.0 Å². The maximum Gasteiger partial charge on any atom is 0.0223 e. The van der Waals surface area contributed by atoms with Crippen molar-refractivity contribution in [3.8, 4) is 0 Å². The molecule has 1 nitrogen and oxygen atoms in total. The third kappa shape index (κ3) is 8.58. The van der Waals surface area contributed by atoms with E-state index >= 15 is 0 Å². The summed E-state index contributed by atoms with van der Waals surface area (Å²) in [5.74, 6) is 0.775. The van der Waals surface area contributed by atoms with Gasteiger partial charge in [-0.3, -0.25) is 0 Å². The minimum absolute atomic E-state index is 0.365. The third-order valence-corrected chi connectivity index (χ3v) is 2.51. The molecule has 0 atom stereocenters. The molecule has 0 aromatic carbocycles. The number of hydrogen-bond acceptors (Lipinski definition) is 1. The van der Waals surface area contributed by atoms with Crippen LogP contribution in [0.3, 0.4) is 0 Å². The summed E-state index contributed by atoms with van der Waals surface area (Å²) in [6, 6.07) is 0. The smallest absolute Gasteiger partial charge is 0.0223 e. The molecule has 2 heteroatoms. The molecule has 0 rings (SSSR count). The Morgan fingerprint density at radius 2 is 2.00 bits per heavy atom. The number of nitrogens with one attached hydrogen (secondary N) is 1. The van der Waals surface area contributed by atoms with Gasteiger partial charge >= 0.3 is 0 Å². The Hall–Kier alpha value is -0.0100. The molecule has 0 saturated heterocycles. The first kappa shape index (κ1) is 14.0. The van der Waals surface area contributed by atoms with E-state index in [1.54, 1.807) is 0 Å². The van der Waals surface area contributed by atoms with E-state index in [1.165, 1.54) is 12.0 Å². The van der Waals surface area contributed by atoms with Crippen molar-refractivity contribution in [2.75, 3.05) is 19.0 Å². The van der Waals surface area contributed by atoms with Crippen LogP contribution in [0, 0.1) is 5.41 Å². The molecule has 0 aliphatic heterocycles. The van der Waals surface area contributed by atoms with Crippen molar-refractivity contribution in [3.05, 3.63) is 11.6 Å². The Kier molecular flexibility index (Phi) is 7.30. The molecule has 0 aromatic heterocycles. The molecule has 0 spiro atoms. The summed E-state index contributed by atoms with van der Waals surface area (Å²) in [4.78, 5) is 0. The molecule has 0 bridgehead atoms. The van der Waals surface area contributed by atoms with Gasteiger partial charge in [-0.05, 0) is 32.1 Å². The summed E-state index contributed by atoms with van der Waals surface area (Å²) >= 11 is 5.68.